The van der Waals surface area contributed by atoms with E-state index in [9.17, 15) is 14.4 Å². The molecule has 1 aliphatic heterocycles. The molecule has 1 aromatic heterocycles. The van der Waals surface area contributed by atoms with E-state index in [1.165, 1.54) is 0 Å². The topological polar surface area (TPSA) is 79.6 Å². The second-order valence-corrected chi connectivity index (χ2v) is 4.70. The Morgan fingerprint density at radius 2 is 2.22 bits per heavy atom. The van der Waals surface area contributed by atoms with Crippen LogP contribution in [-0.4, -0.2) is 38.2 Å². The molecule has 0 saturated carbocycles. The minimum absolute atomic E-state index is 0.239. The summed E-state index contributed by atoms with van der Waals surface area (Å²) >= 11 is 0.753. The van der Waals surface area contributed by atoms with Crippen LogP contribution in [0.5, 0.6) is 0 Å². The number of aliphatic carboxylic acids is 1. The lowest BCUT2D eigenvalue weighted by Gasteiger charge is -2.07. The Morgan fingerprint density at radius 3 is 2.78 bits per heavy atom. The Hall–Kier alpha value is -2.02. The highest BCUT2D eigenvalue weighted by Gasteiger charge is 2.36. The fourth-order valence-corrected chi connectivity index (χ4v) is 2.35. The van der Waals surface area contributed by atoms with Gasteiger partial charge >= 0.3 is 5.97 Å². The van der Waals surface area contributed by atoms with Crippen molar-refractivity contribution in [3.05, 3.63) is 28.9 Å². The van der Waals surface area contributed by atoms with Crippen molar-refractivity contribution in [1.29, 1.82) is 0 Å². The Labute approximate surface area is 107 Å². The van der Waals surface area contributed by atoms with E-state index < -0.39 is 23.7 Å². The molecule has 1 saturated heterocycles. The molecule has 0 unspecified atom stereocenters. The summed E-state index contributed by atoms with van der Waals surface area (Å²) in [6.45, 7) is -0.602. The number of carbonyl (C=O) groups excluding carboxylic acids is 2. The Balaban J connectivity index is 2.25. The van der Waals surface area contributed by atoms with Crippen LogP contribution in [0.4, 0.5) is 4.79 Å². The molecule has 0 spiro atoms. The second kappa shape index (κ2) is 4.69. The summed E-state index contributed by atoms with van der Waals surface area (Å²) in [6.07, 6.45) is 3.39. The van der Waals surface area contributed by atoms with E-state index >= 15 is 0 Å². The smallest absolute Gasteiger partial charge is 0.323 e. The van der Waals surface area contributed by atoms with Gasteiger partial charge in [0.2, 0.25) is 0 Å². The fraction of sp³-hybridized carbons (Fsp3) is 0.182. The zero-order valence-corrected chi connectivity index (χ0v) is 10.3. The average Bonchev–Trinajstić information content (AvgIpc) is 2.79. The lowest BCUT2D eigenvalue weighted by atomic mass is 10.3. The summed E-state index contributed by atoms with van der Waals surface area (Å²) in [7, 11) is 1.81. The molecule has 2 amide bonds. The van der Waals surface area contributed by atoms with Gasteiger partial charge in [-0.15, -0.1) is 0 Å². The summed E-state index contributed by atoms with van der Waals surface area (Å²) in [5, 5.41) is 8.06. The first-order valence-corrected chi connectivity index (χ1v) is 5.89. The van der Waals surface area contributed by atoms with Gasteiger partial charge in [-0.25, -0.2) is 0 Å². The van der Waals surface area contributed by atoms with E-state index in [0.29, 0.717) is 0 Å². The van der Waals surface area contributed by atoms with E-state index in [4.69, 9.17) is 5.11 Å². The molecule has 7 heteroatoms. The highest BCUT2D eigenvalue weighted by Crippen LogP contribution is 2.31. The van der Waals surface area contributed by atoms with Crippen LogP contribution in [0, 0.1) is 0 Å². The standard InChI is InChI=1S/C11H10N2O4S/c1-12-4-2-3-7(12)5-8-10(16)13(6-9(14)15)11(17)18-8/h2-5H,6H2,1H3,(H,14,15). The van der Waals surface area contributed by atoms with E-state index in [1.54, 1.807) is 16.7 Å². The maximum absolute atomic E-state index is 11.8. The van der Waals surface area contributed by atoms with Crippen molar-refractivity contribution in [2.75, 3.05) is 6.54 Å². The summed E-state index contributed by atoms with van der Waals surface area (Å²) in [5.41, 5.74) is 0.774. The molecule has 2 rings (SSSR count). The quantitative estimate of drug-likeness (QED) is 0.830. The number of rotatable bonds is 3. The van der Waals surface area contributed by atoms with Gasteiger partial charge in [0.05, 0.1) is 4.91 Å². The normalized spacial score (nSPS) is 17.8. The monoisotopic (exact) mass is 266 g/mol. The number of thioether (sulfide) groups is 1. The maximum Gasteiger partial charge on any atom is 0.323 e. The number of hydrogen-bond donors (Lipinski definition) is 1. The van der Waals surface area contributed by atoms with E-state index in [-0.39, 0.29) is 4.91 Å². The molecule has 2 heterocycles. The fourth-order valence-electron chi connectivity index (χ4n) is 1.53. The molecule has 1 fully saturated rings. The largest absolute Gasteiger partial charge is 0.480 e. The lowest BCUT2D eigenvalue weighted by molar-refractivity contribution is -0.140. The van der Waals surface area contributed by atoms with Crippen molar-refractivity contribution >= 4 is 35.0 Å². The van der Waals surface area contributed by atoms with Crippen molar-refractivity contribution in [3.63, 3.8) is 0 Å². The van der Waals surface area contributed by atoms with Gasteiger partial charge in [0, 0.05) is 18.9 Å². The van der Waals surface area contributed by atoms with Crippen LogP contribution in [0.25, 0.3) is 6.08 Å². The van der Waals surface area contributed by atoms with Crippen molar-refractivity contribution in [2.24, 2.45) is 7.05 Å². The molecule has 6 nitrogen and oxygen atoms in total. The number of aryl methyl sites for hydroxylation is 1. The highest BCUT2D eigenvalue weighted by molar-refractivity contribution is 8.18. The van der Waals surface area contributed by atoms with E-state index in [0.717, 1.165) is 22.4 Å². The number of imide groups is 1. The molecule has 0 bridgehead atoms. The van der Waals surface area contributed by atoms with Crippen LogP contribution >= 0.6 is 11.8 Å². The number of carboxylic acids is 1. The number of nitrogens with zero attached hydrogens (tertiary/aromatic N) is 2. The number of aromatic nitrogens is 1. The Bertz CT molecular complexity index is 561. The molecule has 1 N–H and O–H groups in total. The summed E-state index contributed by atoms with van der Waals surface area (Å²) in [5.74, 6) is -1.77. The third kappa shape index (κ3) is 2.30. The molecule has 0 aromatic carbocycles. The third-order valence-electron chi connectivity index (χ3n) is 2.43. The predicted octanol–water partition coefficient (Wildman–Crippen LogP) is 1.15. The van der Waals surface area contributed by atoms with Crippen molar-refractivity contribution in [1.82, 2.24) is 9.47 Å². The summed E-state index contributed by atoms with van der Waals surface area (Å²) in [4.78, 5) is 34.8. The van der Waals surface area contributed by atoms with Crippen LogP contribution in [0.2, 0.25) is 0 Å². The lowest BCUT2D eigenvalue weighted by Crippen LogP contribution is -2.33. The summed E-state index contributed by atoms with van der Waals surface area (Å²) < 4.78 is 1.80. The highest BCUT2D eigenvalue weighted by atomic mass is 32.2. The molecular weight excluding hydrogens is 256 g/mol. The van der Waals surface area contributed by atoms with Crippen molar-refractivity contribution < 1.29 is 19.5 Å². The van der Waals surface area contributed by atoms with Gasteiger partial charge < -0.3 is 9.67 Å². The zero-order valence-electron chi connectivity index (χ0n) is 9.49. The molecule has 0 aliphatic carbocycles. The molecule has 1 aromatic rings. The van der Waals surface area contributed by atoms with Gasteiger partial charge in [-0.2, -0.15) is 0 Å². The molecule has 94 valence electrons. The number of amides is 2. The number of hydrogen-bond acceptors (Lipinski definition) is 4. The molecule has 18 heavy (non-hydrogen) atoms. The van der Waals surface area contributed by atoms with Crippen LogP contribution in [-0.2, 0) is 16.6 Å². The maximum atomic E-state index is 11.8. The van der Waals surface area contributed by atoms with Crippen LogP contribution in [0.1, 0.15) is 5.69 Å². The number of carboxylic acid groups (broad SMARTS) is 1. The first-order chi connectivity index (χ1) is 8.49. The first-order valence-electron chi connectivity index (χ1n) is 5.07. The van der Waals surface area contributed by atoms with Crippen LogP contribution in [0.15, 0.2) is 23.2 Å². The molecule has 0 atom stereocenters. The van der Waals surface area contributed by atoms with Crippen molar-refractivity contribution in [2.45, 2.75) is 0 Å². The van der Waals surface area contributed by atoms with E-state index in [1.807, 2.05) is 19.3 Å². The van der Waals surface area contributed by atoms with Crippen molar-refractivity contribution in [3.8, 4) is 0 Å². The SMILES string of the molecule is Cn1cccc1C=C1SC(=O)N(CC(=O)O)C1=O. The Kier molecular flexibility index (Phi) is 3.24. The average molecular weight is 266 g/mol. The van der Waals surface area contributed by atoms with Crippen LogP contribution < -0.4 is 0 Å². The van der Waals surface area contributed by atoms with Gasteiger partial charge in [0.1, 0.15) is 6.54 Å². The van der Waals surface area contributed by atoms with Gasteiger partial charge in [-0.3, -0.25) is 19.3 Å². The van der Waals surface area contributed by atoms with Gasteiger partial charge in [-0.05, 0) is 30.0 Å². The second-order valence-electron chi connectivity index (χ2n) is 3.71. The third-order valence-corrected chi connectivity index (χ3v) is 3.34. The summed E-state index contributed by atoms with van der Waals surface area (Å²) in [6, 6.07) is 3.61. The van der Waals surface area contributed by atoms with Gasteiger partial charge in [0.25, 0.3) is 11.1 Å². The first kappa shape index (κ1) is 12.4. The zero-order chi connectivity index (χ0) is 13.3. The minimum Gasteiger partial charge on any atom is -0.480 e. The predicted molar refractivity (Wildman–Crippen MR) is 65.7 cm³/mol. The Morgan fingerprint density at radius 1 is 1.50 bits per heavy atom. The van der Waals surface area contributed by atoms with Gasteiger partial charge in [-0.1, -0.05) is 0 Å². The minimum atomic E-state index is -1.21. The molecular formula is C11H10N2O4S. The molecule has 1 aliphatic rings. The number of carbonyl (C=O) groups is 3. The molecule has 0 radical (unpaired) electrons. The van der Waals surface area contributed by atoms with Crippen LogP contribution in [0.3, 0.4) is 0 Å². The van der Waals surface area contributed by atoms with E-state index in [2.05, 4.69) is 0 Å². The van der Waals surface area contributed by atoms with Gasteiger partial charge in [0.15, 0.2) is 0 Å².